The Kier molecular flexibility index (Phi) is 9.02. The lowest BCUT2D eigenvalue weighted by Crippen LogP contribution is -2.60. The van der Waals surface area contributed by atoms with E-state index in [0.717, 1.165) is 19.4 Å². The quantitative estimate of drug-likeness (QED) is 0.286. The fraction of sp³-hybridized carbons (Fsp3) is 0.407. The number of carbonyl (C=O) groups is 4. The molecule has 5 atom stereocenters. The Hall–Kier alpha value is -4.72. The zero-order chi connectivity index (χ0) is 29.7. The minimum Gasteiger partial charge on any atom is -0.463 e. The van der Waals surface area contributed by atoms with E-state index in [1.54, 1.807) is 6.07 Å². The lowest BCUT2D eigenvalue weighted by atomic mass is 9.97. The second-order valence-electron chi connectivity index (χ2n) is 9.25. The predicted octanol–water partition coefficient (Wildman–Crippen LogP) is 1.97. The normalized spacial score (nSPS) is 21.9. The van der Waals surface area contributed by atoms with Gasteiger partial charge < -0.3 is 23.7 Å². The zero-order valence-electron chi connectivity index (χ0n) is 23.0. The number of rotatable bonds is 8. The molecule has 0 amide bonds. The molecule has 0 bridgehead atoms. The topological polar surface area (TPSA) is 171 Å². The number of hydrogen-bond donors (Lipinski definition) is 0. The van der Waals surface area contributed by atoms with Gasteiger partial charge in [0.15, 0.2) is 30.4 Å². The molecular formula is C27H29N5O9. The Morgan fingerprint density at radius 1 is 0.902 bits per heavy atom. The van der Waals surface area contributed by atoms with Crippen molar-refractivity contribution in [3.8, 4) is 22.9 Å². The van der Waals surface area contributed by atoms with E-state index in [4.69, 9.17) is 23.7 Å². The molecule has 0 radical (unpaired) electrons. The molecule has 0 saturated carbocycles. The van der Waals surface area contributed by atoms with Crippen LogP contribution < -0.4 is 0 Å². The molecule has 1 saturated heterocycles. The van der Waals surface area contributed by atoms with E-state index in [1.807, 2.05) is 25.1 Å². The van der Waals surface area contributed by atoms with Gasteiger partial charge in [-0.05, 0) is 13.0 Å². The first-order valence-corrected chi connectivity index (χ1v) is 12.6. The van der Waals surface area contributed by atoms with E-state index in [9.17, 15) is 19.2 Å². The van der Waals surface area contributed by atoms with Crippen molar-refractivity contribution < 1.29 is 42.9 Å². The standard InChI is InChI=1S/C27H29N5O9/c1-14-7-6-8-19(11-14)26-30-25(20-12-28-9-10-29-20)31-32(26)27-24(40-18(5)36)23(39-17(4)35)22(38-16(3)34)21(41-27)13-37-15(2)33/h6-12,21-24,27H,13H2,1-5H3/t21-,22-,23+,24-,27-/m1/s1. The Bertz CT molecular complexity index is 1430. The van der Waals surface area contributed by atoms with Gasteiger partial charge in [-0.2, -0.15) is 0 Å². The van der Waals surface area contributed by atoms with Crippen LogP contribution >= 0.6 is 0 Å². The summed E-state index contributed by atoms with van der Waals surface area (Å²) in [6.45, 7) is 6.21. The molecular weight excluding hydrogens is 538 g/mol. The molecule has 0 unspecified atom stereocenters. The summed E-state index contributed by atoms with van der Waals surface area (Å²) < 4.78 is 29.5. The van der Waals surface area contributed by atoms with Crippen LogP contribution in [-0.4, -0.2) is 79.6 Å². The van der Waals surface area contributed by atoms with E-state index in [0.29, 0.717) is 17.1 Å². The van der Waals surface area contributed by atoms with Gasteiger partial charge in [0.25, 0.3) is 0 Å². The number of aromatic nitrogens is 5. The summed E-state index contributed by atoms with van der Waals surface area (Å²) in [6, 6.07) is 7.41. The predicted molar refractivity (Wildman–Crippen MR) is 138 cm³/mol. The van der Waals surface area contributed by atoms with E-state index >= 15 is 0 Å². The summed E-state index contributed by atoms with van der Waals surface area (Å²) in [7, 11) is 0. The van der Waals surface area contributed by atoms with Crippen molar-refractivity contribution in [2.24, 2.45) is 0 Å². The van der Waals surface area contributed by atoms with Gasteiger partial charge in [0, 0.05) is 45.7 Å². The number of esters is 4. The van der Waals surface area contributed by atoms with Gasteiger partial charge in [0.05, 0.1) is 6.20 Å². The number of aryl methyl sites for hydroxylation is 1. The molecule has 14 heteroatoms. The molecule has 0 N–H and O–H groups in total. The summed E-state index contributed by atoms with van der Waals surface area (Å²) in [5.74, 6) is -2.34. The maximum absolute atomic E-state index is 12.3. The van der Waals surface area contributed by atoms with Crippen LogP contribution in [0.15, 0.2) is 42.9 Å². The molecule has 3 aromatic rings. The van der Waals surface area contributed by atoms with E-state index in [2.05, 4.69) is 20.1 Å². The third-order valence-electron chi connectivity index (χ3n) is 5.91. The van der Waals surface area contributed by atoms with Crippen molar-refractivity contribution >= 4 is 23.9 Å². The molecule has 41 heavy (non-hydrogen) atoms. The summed E-state index contributed by atoms with van der Waals surface area (Å²) >= 11 is 0. The molecule has 4 rings (SSSR count). The smallest absolute Gasteiger partial charge is 0.303 e. The van der Waals surface area contributed by atoms with Crippen LogP contribution in [-0.2, 0) is 42.9 Å². The molecule has 216 valence electrons. The highest BCUT2D eigenvalue weighted by atomic mass is 16.7. The van der Waals surface area contributed by atoms with Gasteiger partial charge in [0.2, 0.25) is 5.82 Å². The zero-order valence-corrected chi connectivity index (χ0v) is 23.0. The van der Waals surface area contributed by atoms with Crippen LogP contribution in [0.2, 0.25) is 0 Å². The highest BCUT2D eigenvalue weighted by Gasteiger charge is 2.53. The Morgan fingerprint density at radius 3 is 2.20 bits per heavy atom. The number of ether oxygens (including phenoxy) is 5. The van der Waals surface area contributed by atoms with Gasteiger partial charge in [-0.1, -0.05) is 23.8 Å². The fourth-order valence-corrected chi connectivity index (χ4v) is 4.41. The second kappa shape index (κ2) is 12.6. The minimum atomic E-state index is -1.37. The Labute approximate surface area is 234 Å². The molecule has 1 aliphatic rings. The van der Waals surface area contributed by atoms with Crippen LogP contribution in [0.25, 0.3) is 22.9 Å². The largest absolute Gasteiger partial charge is 0.463 e. The number of nitrogens with zero attached hydrogens (tertiary/aromatic N) is 5. The SMILES string of the molecule is CC(=O)OC[C@H]1O[C@@H](n2nc(-c3cnccn3)nc2-c2cccc(C)c2)[C@H](OC(C)=O)[C@@H](OC(C)=O)[C@@H]1OC(C)=O. The fourth-order valence-electron chi connectivity index (χ4n) is 4.41. The second-order valence-corrected chi connectivity index (χ2v) is 9.25. The highest BCUT2D eigenvalue weighted by Crippen LogP contribution is 2.37. The Morgan fingerprint density at radius 2 is 1.59 bits per heavy atom. The molecule has 14 nitrogen and oxygen atoms in total. The average Bonchev–Trinajstić information content (AvgIpc) is 3.35. The molecule has 2 aromatic heterocycles. The summed E-state index contributed by atoms with van der Waals surface area (Å²) in [6.07, 6.45) is -2.02. The number of carbonyl (C=O) groups excluding carboxylic acids is 4. The van der Waals surface area contributed by atoms with E-state index in [-0.39, 0.29) is 12.4 Å². The molecule has 0 spiro atoms. The highest BCUT2D eigenvalue weighted by molar-refractivity contribution is 5.69. The van der Waals surface area contributed by atoms with Crippen molar-refractivity contribution in [3.63, 3.8) is 0 Å². The first-order valence-electron chi connectivity index (χ1n) is 12.6. The van der Waals surface area contributed by atoms with Gasteiger partial charge in [0.1, 0.15) is 18.4 Å². The van der Waals surface area contributed by atoms with Crippen molar-refractivity contribution in [1.29, 1.82) is 0 Å². The lowest BCUT2D eigenvalue weighted by molar-refractivity contribution is -0.270. The summed E-state index contributed by atoms with van der Waals surface area (Å²) in [4.78, 5) is 61.3. The Balaban J connectivity index is 1.91. The molecule has 1 fully saturated rings. The minimum absolute atomic E-state index is 0.183. The van der Waals surface area contributed by atoms with Crippen LogP contribution in [0.1, 0.15) is 39.5 Å². The van der Waals surface area contributed by atoms with Crippen molar-refractivity contribution in [3.05, 3.63) is 48.4 Å². The van der Waals surface area contributed by atoms with Crippen LogP contribution in [0, 0.1) is 6.92 Å². The first-order chi connectivity index (χ1) is 19.5. The summed E-state index contributed by atoms with van der Waals surface area (Å²) in [5, 5.41) is 4.63. The average molecular weight is 568 g/mol. The number of benzene rings is 1. The molecule has 1 aromatic carbocycles. The van der Waals surface area contributed by atoms with Crippen LogP contribution in [0.3, 0.4) is 0 Å². The maximum atomic E-state index is 12.3. The third-order valence-corrected chi connectivity index (χ3v) is 5.91. The molecule has 3 heterocycles. The van der Waals surface area contributed by atoms with Gasteiger partial charge in [-0.15, -0.1) is 5.10 Å². The summed E-state index contributed by atoms with van der Waals surface area (Å²) in [5.41, 5.74) is 1.92. The monoisotopic (exact) mass is 567 g/mol. The van der Waals surface area contributed by atoms with Crippen LogP contribution in [0.4, 0.5) is 0 Å². The van der Waals surface area contributed by atoms with E-state index in [1.165, 1.54) is 37.1 Å². The number of hydrogen-bond acceptors (Lipinski definition) is 13. The maximum Gasteiger partial charge on any atom is 0.303 e. The lowest BCUT2D eigenvalue weighted by Gasteiger charge is -2.44. The van der Waals surface area contributed by atoms with Gasteiger partial charge >= 0.3 is 23.9 Å². The third kappa shape index (κ3) is 7.08. The van der Waals surface area contributed by atoms with Crippen LogP contribution in [0.5, 0.6) is 0 Å². The van der Waals surface area contributed by atoms with E-state index < -0.39 is 54.5 Å². The van der Waals surface area contributed by atoms with Crippen molar-refractivity contribution in [2.45, 2.75) is 65.3 Å². The van der Waals surface area contributed by atoms with Crippen molar-refractivity contribution in [2.75, 3.05) is 6.61 Å². The molecule has 1 aliphatic heterocycles. The first kappa shape index (κ1) is 29.3. The van der Waals surface area contributed by atoms with Gasteiger partial charge in [-0.25, -0.2) is 14.6 Å². The van der Waals surface area contributed by atoms with Gasteiger partial charge in [-0.3, -0.25) is 24.2 Å². The van der Waals surface area contributed by atoms with Crippen molar-refractivity contribution in [1.82, 2.24) is 24.7 Å². The molecule has 0 aliphatic carbocycles.